The largest absolute Gasteiger partial charge is 0.492 e. The number of anilines is 1. The molecule has 18 heavy (non-hydrogen) atoms. The van der Waals surface area contributed by atoms with Gasteiger partial charge in [-0.3, -0.25) is 4.79 Å². The van der Waals surface area contributed by atoms with Crippen LogP contribution in [0.1, 0.15) is 32.3 Å². The SMILES string of the molecule is CCC[C@@H](N)C(=O)Nc1ccc(C)cc1OCC. The van der Waals surface area contributed by atoms with Gasteiger partial charge in [0.15, 0.2) is 0 Å². The van der Waals surface area contributed by atoms with Crippen LogP contribution < -0.4 is 15.8 Å². The number of rotatable bonds is 6. The van der Waals surface area contributed by atoms with Gasteiger partial charge in [-0.25, -0.2) is 0 Å². The van der Waals surface area contributed by atoms with Gasteiger partial charge in [-0.15, -0.1) is 0 Å². The molecule has 1 amide bonds. The number of hydrogen-bond donors (Lipinski definition) is 2. The molecule has 0 unspecified atom stereocenters. The number of nitrogens with two attached hydrogens (primary N) is 1. The van der Waals surface area contributed by atoms with Crippen molar-refractivity contribution in [3.8, 4) is 5.75 Å². The molecule has 0 heterocycles. The van der Waals surface area contributed by atoms with Gasteiger partial charge >= 0.3 is 0 Å². The highest BCUT2D eigenvalue weighted by Crippen LogP contribution is 2.25. The lowest BCUT2D eigenvalue weighted by molar-refractivity contribution is -0.117. The lowest BCUT2D eigenvalue weighted by Crippen LogP contribution is -2.35. The van der Waals surface area contributed by atoms with Crippen LogP contribution in [0.15, 0.2) is 18.2 Å². The monoisotopic (exact) mass is 250 g/mol. The van der Waals surface area contributed by atoms with Crippen LogP contribution in [0.25, 0.3) is 0 Å². The van der Waals surface area contributed by atoms with Crippen molar-refractivity contribution in [1.29, 1.82) is 0 Å². The Labute approximate surface area is 109 Å². The van der Waals surface area contributed by atoms with Gasteiger partial charge in [0, 0.05) is 0 Å². The van der Waals surface area contributed by atoms with Gasteiger partial charge in [-0.05, 0) is 38.0 Å². The minimum Gasteiger partial charge on any atom is -0.492 e. The fourth-order valence-electron chi connectivity index (χ4n) is 1.68. The Morgan fingerprint density at radius 3 is 2.78 bits per heavy atom. The minimum absolute atomic E-state index is 0.165. The average Bonchev–Trinajstić information content (AvgIpc) is 2.33. The van der Waals surface area contributed by atoms with Gasteiger partial charge in [-0.2, -0.15) is 0 Å². The van der Waals surface area contributed by atoms with Gasteiger partial charge in [0.2, 0.25) is 5.91 Å². The quantitative estimate of drug-likeness (QED) is 0.815. The van der Waals surface area contributed by atoms with Crippen molar-refractivity contribution in [2.75, 3.05) is 11.9 Å². The summed E-state index contributed by atoms with van der Waals surface area (Å²) in [5.74, 6) is 0.524. The summed E-state index contributed by atoms with van der Waals surface area (Å²) in [7, 11) is 0. The van der Waals surface area contributed by atoms with Gasteiger partial charge < -0.3 is 15.8 Å². The topological polar surface area (TPSA) is 64.4 Å². The first-order valence-electron chi connectivity index (χ1n) is 6.38. The number of amides is 1. The highest BCUT2D eigenvalue weighted by molar-refractivity contribution is 5.95. The molecule has 4 heteroatoms. The lowest BCUT2D eigenvalue weighted by Gasteiger charge is -2.15. The molecule has 0 saturated heterocycles. The van der Waals surface area contributed by atoms with E-state index in [-0.39, 0.29) is 5.91 Å². The van der Waals surface area contributed by atoms with Crippen LogP contribution in [0.2, 0.25) is 0 Å². The van der Waals surface area contributed by atoms with E-state index in [0.717, 1.165) is 12.0 Å². The molecule has 1 aromatic carbocycles. The highest BCUT2D eigenvalue weighted by atomic mass is 16.5. The van der Waals surface area contributed by atoms with Crippen LogP contribution >= 0.6 is 0 Å². The number of aryl methyl sites for hydroxylation is 1. The molecule has 100 valence electrons. The van der Waals surface area contributed by atoms with E-state index < -0.39 is 6.04 Å². The smallest absolute Gasteiger partial charge is 0.241 e. The van der Waals surface area contributed by atoms with E-state index in [1.807, 2.05) is 39.0 Å². The molecule has 4 nitrogen and oxygen atoms in total. The summed E-state index contributed by atoms with van der Waals surface area (Å²) in [6.07, 6.45) is 1.57. The van der Waals surface area contributed by atoms with E-state index in [1.165, 1.54) is 0 Å². The molecule has 0 aliphatic carbocycles. The molecule has 1 aromatic rings. The van der Waals surface area contributed by atoms with Crippen molar-refractivity contribution < 1.29 is 9.53 Å². The summed E-state index contributed by atoms with van der Waals surface area (Å²) in [5, 5.41) is 2.82. The number of hydrogen-bond acceptors (Lipinski definition) is 3. The van der Waals surface area contributed by atoms with Crippen LogP contribution in [0.4, 0.5) is 5.69 Å². The van der Waals surface area contributed by atoms with E-state index in [2.05, 4.69) is 5.32 Å². The zero-order chi connectivity index (χ0) is 13.5. The fraction of sp³-hybridized carbons (Fsp3) is 0.500. The average molecular weight is 250 g/mol. The third-order valence-corrected chi connectivity index (χ3v) is 2.63. The molecule has 1 rings (SSSR count). The van der Waals surface area contributed by atoms with Crippen molar-refractivity contribution in [1.82, 2.24) is 0 Å². The van der Waals surface area contributed by atoms with Gasteiger partial charge in [-0.1, -0.05) is 19.4 Å². The number of ether oxygens (including phenoxy) is 1. The second-order valence-electron chi connectivity index (χ2n) is 4.32. The summed E-state index contributed by atoms with van der Waals surface area (Å²) in [5.41, 5.74) is 7.55. The maximum Gasteiger partial charge on any atom is 0.241 e. The molecular weight excluding hydrogens is 228 g/mol. The van der Waals surface area contributed by atoms with E-state index in [0.29, 0.717) is 24.5 Å². The second kappa shape index (κ2) is 7.01. The fourth-order valence-corrected chi connectivity index (χ4v) is 1.68. The predicted molar refractivity (Wildman–Crippen MR) is 73.9 cm³/mol. The van der Waals surface area contributed by atoms with Crippen molar-refractivity contribution in [3.05, 3.63) is 23.8 Å². The molecule has 3 N–H and O–H groups in total. The molecular formula is C14H22N2O2. The number of benzene rings is 1. The standard InChI is InChI=1S/C14H22N2O2/c1-4-6-11(15)14(17)16-12-8-7-10(3)9-13(12)18-5-2/h7-9,11H,4-6,15H2,1-3H3,(H,16,17)/t11-/m1/s1. The Kier molecular flexibility index (Phi) is 5.65. The highest BCUT2D eigenvalue weighted by Gasteiger charge is 2.14. The normalized spacial score (nSPS) is 12.0. The van der Waals surface area contributed by atoms with Gasteiger partial charge in [0.1, 0.15) is 5.75 Å². The van der Waals surface area contributed by atoms with Gasteiger partial charge in [0.05, 0.1) is 18.3 Å². The number of carbonyl (C=O) groups excluding carboxylic acids is 1. The minimum atomic E-state index is -0.467. The first-order valence-corrected chi connectivity index (χ1v) is 6.38. The van der Waals surface area contributed by atoms with Crippen molar-refractivity contribution in [3.63, 3.8) is 0 Å². The molecule has 0 aliphatic heterocycles. The summed E-state index contributed by atoms with van der Waals surface area (Å²) < 4.78 is 5.50. The van der Waals surface area contributed by atoms with Crippen LogP contribution in [-0.4, -0.2) is 18.6 Å². The van der Waals surface area contributed by atoms with Crippen molar-refractivity contribution in [2.24, 2.45) is 5.73 Å². The number of carbonyl (C=O) groups is 1. The van der Waals surface area contributed by atoms with Crippen LogP contribution in [0.3, 0.4) is 0 Å². The summed E-state index contributed by atoms with van der Waals surface area (Å²) in [6, 6.07) is 5.22. The molecule has 0 aliphatic rings. The summed E-state index contributed by atoms with van der Waals surface area (Å²) in [4.78, 5) is 11.9. The van der Waals surface area contributed by atoms with E-state index in [4.69, 9.17) is 10.5 Å². The molecule has 1 atom stereocenters. The Morgan fingerprint density at radius 1 is 1.44 bits per heavy atom. The number of nitrogens with one attached hydrogen (secondary N) is 1. The van der Waals surface area contributed by atoms with Crippen molar-refractivity contribution >= 4 is 11.6 Å². The van der Waals surface area contributed by atoms with E-state index >= 15 is 0 Å². The maximum atomic E-state index is 11.9. The summed E-state index contributed by atoms with van der Waals surface area (Å²) >= 11 is 0. The Bertz CT molecular complexity index is 405. The first kappa shape index (κ1) is 14.5. The Balaban J connectivity index is 2.80. The summed E-state index contributed by atoms with van der Waals surface area (Å²) in [6.45, 7) is 6.46. The molecule has 0 bridgehead atoms. The van der Waals surface area contributed by atoms with Gasteiger partial charge in [0.25, 0.3) is 0 Å². The zero-order valence-electron chi connectivity index (χ0n) is 11.3. The third-order valence-electron chi connectivity index (χ3n) is 2.63. The Morgan fingerprint density at radius 2 is 2.17 bits per heavy atom. The van der Waals surface area contributed by atoms with Crippen LogP contribution in [0.5, 0.6) is 5.75 Å². The Hall–Kier alpha value is -1.55. The predicted octanol–water partition coefficient (Wildman–Crippen LogP) is 2.46. The van der Waals surface area contributed by atoms with Crippen LogP contribution in [-0.2, 0) is 4.79 Å². The van der Waals surface area contributed by atoms with Crippen molar-refractivity contribution in [2.45, 2.75) is 39.7 Å². The zero-order valence-corrected chi connectivity index (χ0v) is 11.3. The molecule has 0 spiro atoms. The first-order chi connectivity index (χ1) is 8.58. The third kappa shape index (κ3) is 4.04. The molecule has 0 aromatic heterocycles. The molecule has 0 radical (unpaired) electrons. The van der Waals surface area contributed by atoms with Crippen LogP contribution in [0, 0.1) is 6.92 Å². The lowest BCUT2D eigenvalue weighted by atomic mass is 10.1. The maximum absolute atomic E-state index is 11.9. The molecule has 0 saturated carbocycles. The van der Waals surface area contributed by atoms with E-state index in [1.54, 1.807) is 0 Å². The second-order valence-corrected chi connectivity index (χ2v) is 4.32. The molecule has 0 fully saturated rings. The van der Waals surface area contributed by atoms with E-state index in [9.17, 15) is 4.79 Å².